The number of rotatable bonds is 4. The van der Waals surface area contributed by atoms with E-state index in [4.69, 9.17) is 9.15 Å². The van der Waals surface area contributed by atoms with E-state index in [1.807, 2.05) is 25.4 Å². The monoisotopic (exact) mass is 513 g/mol. The Bertz CT molecular complexity index is 807. The van der Waals surface area contributed by atoms with Crippen molar-refractivity contribution in [3.63, 3.8) is 0 Å². The second-order valence-corrected chi connectivity index (χ2v) is 7.94. The first-order valence-corrected chi connectivity index (χ1v) is 9.70. The van der Waals surface area contributed by atoms with E-state index in [0.29, 0.717) is 12.4 Å². The van der Waals surface area contributed by atoms with Crippen molar-refractivity contribution in [3.05, 3.63) is 42.1 Å². The summed E-state index contributed by atoms with van der Waals surface area (Å²) in [5, 5.41) is 3.37. The summed E-state index contributed by atoms with van der Waals surface area (Å²) < 4.78 is 11.2. The minimum atomic E-state index is -0.0383. The highest BCUT2D eigenvalue weighted by Crippen LogP contribution is 2.23. The van der Waals surface area contributed by atoms with Crippen LogP contribution in [0.2, 0.25) is 0 Å². The van der Waals surface area contributed by atoms with Gasteiger partial charge >= 0.3 is 0 Å². The molecule has 160 valence electrons. The number of aliphatic imine (C=N–C) groups is 1. The Morgan fingerprint density at radius 3 is 2.55 bits per heavy atom. The van der Waals surface area contributed by atoms with E-state index in [2.05, 4.69) is 58.0 Å². The van der Waals surface area contributed by atoms with Crippen LogP contribution < -0.4 is 15.0 Å². The van der Waals surface area contributed by atoms with Crippen LogP contribution in [0.3, 0.4) is 0 Å². The lowest BCUT2D eigenvalue weighted by Crippen LogP contribution is -2.52. The fourth-order valence-corrected chi connectivity index (χ4v) is 3.21. The van der Waals surface area contributed by atoms with Crippen molar-refractivity contribution in [2.75, 3.05) is 45.2 Å². The number of hydrogen-bond donors (Lipinski definition) is 1. The molecular weight excluding hydrogens is 481 g/mol. The Labute approximate surface area is 190 Å². The van der Waals surface area contributed by atoms with Gasteiger partial charge in [0.15, 0.2) is 5.96 Å². The molecule has 0 atom stereocenters. The summed E-state index contributed by atoms with van der Waals surface area (Å²) in [6.45, 7) is 10.5. The van der Waals surface area contributed by atoms with E-state index < -0.39 is 0 Å². The fraction of sp³-hybridized carbons (Fsp3) is 0.524. The Kier molecular flexibility index (Phi) is 8.18. The molecule has 1 saturated heterocycles. The molecule has 0 unspecified atom stereocenters. The second kappa shape index (κ2) is 10.2. The van der Waals surface area contributed by atoms with Crippen molar-refractivity contribution in [2.45, 2.75) is 32.7 Å². The van der Waals surface area contributed by atoms with Gasteiger partial charge in [-0.25, -0.2) is 4.98 Å². The average Bonchev–Trinajstić information content (AvgIpc) is 3.18. The highest BCUT2D eigenvalue weighted by molar-refractivity contribution is 14.0. The molecule has 2 heterocycles. The van der Waals surface area contributed by atoms with Crippen LogP contribution in [0.25, 0.3) is 0 Å². The maximum absolute atomic E-state index is 5.86. The quantitative estimate of drug-likeness (QED) is 0.384. The van der Waals surface area contributed by atoms with Crippen molar-refractivity contribution >= 4 is 35.6 Å². The van der Waals surface area contributed by atoms with Gasteiger partial charge in [-0.15, -0.1) is 24.0 Å². The largest absolute Gasteiger partial charge is 0.497 e. The number of hydrogen-bond acceptors (Lipinski definition) is 5. The number of methoxy groups -OCH3 is 1. The third kappa shape index (κ3) is 6.01. The zero-order valence-corrected chi connectivity index (χ0v) is 20.3. The number of nitrogens with one attached hydrogen (secondary N) is 1. The molecule has 3 rings (SSSR count). The topological polar surface area (TPSA) is 66.1 Å². The van der Waals surface area contributed by atoms with E-state index in [1.165, 1.54) is 5.69 Å². The number of anilines is 1. The molecule has 1 aromatic heterocycles. The molecule has 1 fully saturated rings. The average molecular weight is 513 g/mol. The van der Waals surface area contributed by atoms with Gasteiger partial charge in [0.05, 0.1) is 19.9 Å². The third-order valence-electron chi connectivity index (χ3n) is 4.90. The molecular formula is C21H32IN5O2. The van der Waals surface area contributed by atoms with Gasteiger partial charge in [-0.3, -0.25) is 4.99 Å². The summed E-state index contributed by atoms with van der Waals surface area (Å²) in [5.41, 5.74) is 1.15. The number of ether oxygens (including phenoxy) is 1. The van der Waals surface area contributed by atoms with Gasteiger partial charge in [-0.1, -0.05) is 26.8 Å². The number of benzene rings is 1. The first-order chi connectivity index (χ1) is 13.4. The first kappa shape index (κ1) is 23.3. The van der Waals surface area contributed by atoms with Crippen LogP contribution in [0.5, 0.6) is 5.75 Å². The van der Waals surface area contributed by atoms with Gasteiger partial charge in [0.1, 0.15) is 11.5 Å². The number of halogens is 1. The van der Waals surface area contributed by atoms with Crippen molar-refractivity contribution < 1.29 is 9.15 Å². The van der Waals surface area contributed by atoms with Crippen LogP contribution in [-0.4, -0.2) is 56.2 Å². The molecule has 1 aliphatic rings. The minimum absolute atomic E-state index is 0. The van der Waals surface area contributed by atoms with Gasteiger partial charge in [0.25, 0.3) is 0 Å². The number of aromatic nitrogens is 1. The summed E-state index contributed by atoms with van der Waals surface area (Å²) >= 11 is 0. The summed E-state index contributed by atoms with van der Waals surface area (Å²) in [5.74, 6) is 3.34. The van der Waals surface area contributed by atoms with Crippen molar-refractivity contribution in [3.8, 4) is 5.75 Å². The van der Waals surface area contributed by atoms with Gasteiger partial charge in [0.2, 0.25) is 5.89 Å². The van der Waals surface area contributed by atoms with Gasteiger partial charge < -0.3 is 24.3 Å². The molecule has 0 saturated carbocycles. The summed E-state index contributed by atoms with van der Waals surface area (Å²) in [6.07, 6.45) is 1.81. The van der Waals surface area contributed by atoms with Crippen LogP contribution in [-0.2, 0) is 12.0 Å². The normalized spacial score (nSPS) is 15.1. The highest BCUT2D eigenvalue weighted by atomic mass is 127. The molecule has 0 aliphatic carbocycles. The molecule has 0 radical (unpaired) electrons. The molecule has 0 bridgehead atoms. The van der Waals surface area contributed by atoms with Crippen LogP contribution in [0.1, 0.15) is 32.4 Å². The maximum atomic E-state index is 5.86. The van der Waals surface area contributed by atoms with E-state index in [1.54, 1.807) is 7.11 Å². The molecule has 1 aliphatic heterocycles. The summed E-state index contributed by atoms with van der Waals surface area (Å²) in [6, 6.07) is 8.21. The fourth-order valence-electron chi connectivity index (χ4n) is 3.21. The number of piperazine rings is 1. The van der Waals surface area contributed by atoms with E-state index in [-0.39, 0.29) is 29.4 Å². The molecule has 7 nitrogen and oxygen atoms in total. The molecule has 0 spiro atoms. The maximum Gasteiger partial charge on any atom is 0.213 e. The molecule has 29 heavy (non-hydrogen) atoms. The summed E-state index contributed by atoms with van der Waals surface area (Å²) in [4.78, 5) is 13.4. The second-order valence-electron chi connectivity index (χ2n) is 7.94. The van der Waals surface area contributed by atoms with Crippen LogP contribution in [0, 0.1) is 0 Å². The standard InChI is InChI=1S/C21H31N5O2.HI/c1-21(2,3)18-14-23-19(28-18)15-24-20(22-4)26-11-9-25(10-12-26)16-7-6-8-17(13-16)27-5;/h6-8,13-14H,9-12,15H2,1-5H3,(H,22,24);1H. The summed E-state index contributed by atoms with van der Waals surface area (Å²) in [7, 11) is 3.51. The van der Waals surface area contributed by atoms with Crippen molar-refractivity contribution in [1.82, 2.24) is 15.2 Å². The van der Waals surface area contributed by atoms with Gasteiger partial charge in [-0.2, -0.15) is 0 Å². The van der Waals surface area contributed by atoms with E-state index in [9.17, 15) is 0 Å². The number of nitrogens with zero attached hydrogens (tertiary/aromatic N) is 4. The Hall–Kier alpha value is -1.97. The van der Waals surface area contributed by atoms with E-state index in [0.717, 1.165) is 43.6 Å². The lowest BCUT2D eigenvalue weighted by molar-refractivity contribution is 0.359. The number of guanidine groups is 1. The van der Waals surface area contributed by atoms with E-state index >= 15 is 0 Å². The zero-order chi connectivity index (χ0) is 20.1. The zero-order valence-electron chi connectivity index (χ0n) is 17.9. The SMILES string of the molecule is CN=C(NCc1ncc(C(C)(C)C)o1)N1CCN(c2cccc(OC)c2)CC1.I. The molecule has 2 aromatic rings. The van der Waals surface area contributed by atoms with Crippen molar-refractivity contribution in [1.29, 1.82) is 0 Å². The molecule has 0 amide bonds. The smallest absolute Gasteiger partial charge is 0.213 e. The lowest BCUT2D eigenvalue weighted by atomic mass is 9.94. The molecule has 1 aromatic carbocycles. The third-order valence-corrected chi connectivity index (χ3v) is 4.90. The predicted octanol–water partition coefficient (Wildman–Crippen LogP) is 3.50. The van der Waals surface area contributed by atoms with Gasteiger partial charge in [-0.05, 0) is 12.1 Å². The van der Waals surface area contributed by atoms with Crippen LogP contribution in [0.4, 0.5) is 5.69 Å². The molecule has 1 N–H and O–H groups in total. The Morgan fingerprint density at radius 2 is 1.97 bits per heavy atom. The Morgan fingerprint density at radius 1 is 1.24 bits per heavy atom. The van der Waals surface area contributed by atoms with Crippen LogP contribution >= 0.6 is 24.0 Å². The minimum Gasteiger partial charge on any atom is -0.497 e. The lowest BCUT2D eigenvalue weighted by Gasteiger charge is -2.37. The first-order valence-electron chi connectivity index (χ1n) is 9.70. The Balaban J connectivity index is 0.00000300. The van der Waals surface area contributed by atoms with Gasteiger partial charge in [0, 0.05) is 50.4 Å². The molecule has 8 heteroatoms. The number of oxazole rings is 1. The predicted molar refractivity (Wildman–Crippen MR) is 128 cm³/mol. The van der Waals surface area contributed by atoms with Crippen molar-refractivity contribution in [2.24, 2.45) is 4.99 Å². The highest BCUT2D eigenvalue weighted by Gasteiger charge is 2.22. The van der Waals surface area contributed by atoms with Crippen LogP contribution in [0.15, 0.2) is 39.9 Å².